The van der Waals surface area contributed by atoms with E-state index in [1.165, 1.54) is 13.0 Å². The fourth-order valence-corrected chi connectivity index (χ4v) is 0.911. The molecule has 0 aliphatic heterocycles. The van der Waals surface area contributed by atoms with Gasteiger partial charge in [-0.1, -0.05) is 18.2 Å². The van der Waals surface area contributed by atoms with E-state index in [9.17, 15) is 5.11 Å². The number of rotatable bonds is 1. The molecule has 12 heavy (non-hydrogen) atoms. The van der Waals surface area contributed by atoms with Crippen LogP contribution in [0.25, 0.3) is 5.57 Å². The Morgan fingerprint density at radius 2 is 1.75 bits per heavy atom. The van der Waals surface area contributed by atoms with Crippen LogP contribution in [0.2, 0.25) is 0 Å². The molecule has 0 amide bonds. The molecule has 1 rings (SSSR count). The first-order valence-electron chi connectivity index (χ1n) is 3.50. The Kier molecular flexibility index (Phi) is 2.24. The standard InChI is InChI=1S/C9H10O3/c1-6(9(11)12)7-4-2-3-5-8(7)10/h2-5,10-12H,1H3. The molecule has 0 heterocycles. The minimum atomic E-state index is -0.767. The largest absolute Gasteiger partial charge is 0.507 e. The third-order valence-electron chi connectivity index (χ3n) is 1.64. The van der Waals surface area contributed by atoms with Crippen molar-refractivity contribution in [2.75, 3.05) is 0 Å². The fourth-order valence-electron chi connectivity index (χ4n) is 0.911. The molecule has 64 valence electrons. The molecular weight excluding hydrogens is 156 g/mol. The highest BCUT2D eigenvalue weighted by molar-refractivity contribution is 5.68. The second kappa shape index (κ2) is 3.17. The maximum atomic E-state index is 9.27. The molecule has 0 aliphatic rings. The average Bonchev–Trinajstić information content (AvgIpc) is 2.04. The monoisotopic (exact) mass is 166 g/mol. The maximum absolute atomic E-state index is 9.27. The zero-order valence-corrected chi connectivity index (χ0v) is 6.65. The Balaban J connectivity index is 3.21. The lowest BCUT2D eigenvalue weighted by Gasteiger charge is -2.03. The summed E-state index contributed by atoms with van der Waals surface area (Å²) in [6, 6.07) is 6.47. The number of aliphatic hydroxyl groups excluding tert-OH is 1. The summed E-state index contributed by atoms with van der Waals surface area (Å²) < 4.78 is 0. The van der Waals surface area contributed by atoms with E-state index >= 15 is 0 Å². The van der Waals surface area contributed by atoms with Crippen LogP contribution in [0, 0.1) is 0 Å². The van der Waals surface area contributed by atoms with Crippen molar-refractivity contribution in [3.8, 4) is 5.75 Å². The van der Waals surface area contributed by atoms with E-state index in [4.69, 9.17) is 10.2 Å². The van der Waals surface area contributed by atoms with E-state index in [0.29, 0.717) is 5.56 Å². The quantitative estimate of drug-likeness (QED) is 0.560. The van der Waals surface area contributed by atoms with Gasteiger partial charge < -0.3 is 15.3 Å². The second-order valence-electron chi connectivity index (χ2n) is 2.47. The molecule has 0 unspecified atom stereocenters. The first-order chi connectivity index (χ1) is 5.63. The first-order valence-corrected chi connectivity index (χ1v) is 3.50. The third-order valence-corrected chi connectivity index (χ3v) is 1.64. The molecule has 0 aliphatic carbocycles. The topological polar surface area (TPSA) is 60.7 Å². The zero-order valence-electron chi connectivity index (χ0n) is 6.65. The predicted octanol–water partition coefficient (Wildman–Crippen LogP) is 2.20. The molecule has 0 atom stereocenters. The summed E-state index contributed by atoms with van der Waals surface area (Å²) >= 11 is 0. The first kappa shape index (κ1) is 8.46. The highest BCUT2D eigenvalue weighted by Gasteiger charge is 2.05. The van der Waals surface area contributed by atoms with Crippen molar-refractivity contribution in [2.24, 2.45) is 0 Å². The van der Waals surface area contributed by atoms with Gasteiger partial charge in [-0.2, -0.15) is 0 Å². The minimum Gasteiger partial charge on any atom is -0.507 e. The van der Waals surface area contributed by atoms with Gasteiger partial charge in [-0.15, -0.1) is 0 Å². The van der Waals surface area contributed by atoms with Gasteiger partial charge in [0.15, 0.2) is 0 Å². The van der Waals surface area contributed by atoms with E-state index in [2.05, 4.69) is 0 Å². The van der Waals surface area contributed by atoms with E-state index in [1.54, 1.807) is 18.2 Å². The van der Waals surface area contributed by atoms with Gasteiger partial charge in [0.2, 0.25) is 0 Å². The normalized spacial score (nSPS) is 9.42. The fraction of sp³-hybridized carbons (Fsp3) is 0.111. The Labute approximate surface area is 70.2 Å². The Hall–Kier alpha value is -1.64. The van der Waals surface area contributed by atoms with Crippen LogP contribution < -0.4 is 0 Å². The summed E-state index contributed by atoms with van der Waals surface area (Å²) in [5.74, 6) is -0.730. The second-order valence-corrected chi connectivity index (χ2v) is 2.47. The van der Waals surface area contributed by atoms with Gasteiger partial charge >= 0.3 is 0 Å². The molecule has 1 aromatic rings. The smallest absolute Gasteiger partial charge is 0.277 e. The van der Waals surface area contributed by atoms with Crippen LogP contribution in [0.5, 0.6) is 5.75 Å². The molecule has 0 radical (unpaired) electrons. The Morgan fingerprint density at radius 3 is 2.25 bits per heavy atom. The van der Waals surface area contributed by atoms with Crippen molar-refractivity contribution in [1.29, 1.82) is 0 Å². The van der Waals surface area contributed by atoms with Crippen LogP contribution in [0.4, 0.5) is 0 Å². The predicted molar refractivity (Wildman–Crippen MR) is 46.0 cm³/mol. The van der Waals surface area contributed by atoms with Gasteiger partial charge in [-0.25, -0.2) is 0 Å². The van der Waals surface area contributed by atoms with Crippen molar-refractivity contribution < 1.29 is 15.3 Å². The molecule has 3 N–H and O–H groups in total. The van der Waals surface area contributed by atoms with Crippen molar-refractivity contribution in [3.63, 3.8) is 0 Å². The zero-order chi connectivity index (χ0) is 9.14. The number of phenols is 1. The van der Waals surface area contributed by atoms with Crippen LogP contribution in [-0.2, 0) is 0 Å². The average molecular weight is 166 g/mol. The molecule has 1 aromatic carbocycles. The number of hydrogen-bond donors (Lipinski definition) is 3. The number of phenolic OH excluding ortho intramolecular Hbond substituents is 1. The molecule has 0 saturated carbocycles. The highest BCUT2D eigenvalue weighted by Crippen LogP contribution is 2.24. The lowest BCUT2D eigenvalue weighted by molar-refractivity contribution is 0.194. The van der Waals surface area contributed by atoms with Crippen molar-refractivity contribution >= 4 is 5.57 Å². The number of hydrogen-bond acceptors (Lipinski definition) is 3. The van der Waals surface area contributed by atoms with E-state index in [1.807, 2.05) is 0 Å². The third kappa shape index (κ3) is 1.50. The van der Waals surface area contributed by atoms with E-state index < -0.39 is 5.95 Å². The molecular formula is C9H10O3. The molecule has 0 spiro atoms. The van der Waals surface area contributed by atoms with Gasteiger partial charge in [0.1, 0.15) is 5.75 Å². The number of aliphatic hydroxyl groups is 2. The van der Waals surface area contributed by atoms with Crippen LogP contribution in [0.1, 0.15) is 12.5 Å². The number of para-hydroxylation sites is 1. The van der Waals surface area contributed by atoms with Crippen molar-refractivity contribution in [2.45, 2.75) is 6.92 Å². The molecule has 3 heteroatoms. The summed E-state index contributed by atoms with van der Waals surface area (Å²) in [4.78, 5) is 0. The van der Waals surface area contributed by atoms with Crippen molar-refractivity contribution in [1.82, 2.24) is 0 Å². The van der Waals surface area contributed by atoms with Crippen LogP contribution in [0.3, 0.4) is 0 Å². The summed E-state index contributed by atoms with van der Waals surface area (Å²) in [5.41, 5.74) is 0.686. The summed E-state index contributed by atoms with van der Waals surface area (Å²) in [7, 11) is 0. The molecule has 0 aromatic heterocycles. The maximum Gasteiger partial charge on any atom is 0.277 e. The highest BCUT2D eigenvalue weighted by atomic mass is 16.5. The summed E-state index contributed by atoms with van der Waals surface area (Å²) in [6.07, 6.45) is 0. The van der Waals surface area contributed by atoms with E-state index in [0.717, 1.165) is 0 Å². The molecule has 0 fully saturated rings. The van der Waals surface area contributed by atoms with Crippen LogP contribution in [0.15, 0.2) is 30.2 Å². The lowest BCUT2D eigenvalue weighted by atomic mass is 10.1. The Morgan fingerprint density at radius 1 is 1.17 bits per heavy atom. The molecule has 0 bridgehead atoms. The van der Waals surface area contributed by atoms with Crippen LogP contribution in [-0.4, -0.2) is 15.3 Å². The van der Waals surface area contributed by atoms with Gasteiger partial charge in [-0.05, 0) is 13.0 Å². The van der Waals surface area contributed by atoms with Gasteiger partial charge in [0, 0.05) is 11.1 Å². The Bertz CT molecular complexity index is 311. The van der Waals surface area contributed by atoms with E-state index in [-0.39, 0.29) is 11.3 Å². The molecule has 3 nitrogen and oxygen atoms in total. The van der Waals surface area contributed by atoms with Gasteiger partial charge in [-0.3, -0.25) is 0 Å². The van der Waals surface area contributed by atoms with Gasteiger partial charge in [0.25, 0.3) is 5.95 Å². The lowest BCUT2D eigenvalue weighted by Crippen LogP contribution is -1.86. The van der Waals surface area contributed by atoms with Gasteiger partial charge in [0.05, 0.1) is 0 Å². The SMILES string of the molecule is CC(=C(O)O)c1ccccc1O. The minimum absolute atomic E-state index is 0.0376. The van der Waals surface area contributed by atoms with Crippen LogP contribution >= 0.6 is 0 Å². The molecule has 0 saturated heterocycles. The number of aromatic hydroxyl groups is 1. The summed E-state index contributed by atoms with van der Waals surface area (Å²) in [6.45, 7) is 1.52. The summed E-state index contributed by atoms with van der Waals surface area (Å²) in [5, 5.41) is 26.7. The van der Waals surface area contributed by atoms with Crippen molar-refractivity contribution in [3.05, 3.63) is 35.8 Å². The number of allylic oxidation sites excluding steroid dienone is 1. The number of benzene rings is 1.